The number of rotatable bonds is 5. The van der Waals surface area contributed by atoms with Crippen molar-refractivity contribution in [3.8, 4) is 5.75 Å². The fourth-order valence-electron chi connectivity index (χ4n) is 2.43. The lowest BCUT2D eigenvalue weighted by Crippen LogP contribution is -2.14. The van der Waals surface area contributed by atoms with Gasteiger partial charge in [-0.05, 0) is 54.4 Å². The van der Waals surface area contributed by atoms with E-state index >= 15 is 0 Å². The minimum atomic E-state index is -0.497. The highest BCUT2D eigenvalue weighted by molar-refractivity contribution is 6.06. The quantitative estimate of drug-likeness (QED) is 0.693. The second-order valence-corrected chi connectivity index (χ2v) is 5.85. The summed E-state index contributed by atoms with van der Waals surface area (Å²) in [6, 6.07) is 17.2. The third kappa shape index (κ3) is 4.25. The predicted molar refractivity (Wildman–Crippen MR) is 96.3 cm³/mol. The van der Waals surface area contributed by atoms with E-state index in [4.69, 9.17) is 4.74 Å². The minimum Gasteiger partial charge on any atom is -0.488 e. The molecular formula is C21H17F2NO2. The molecule has 0 spiro atoms. The van der Waals surface area contributed by atoms with Gasteiger partial charge in [0.25, 0.3) is 5.91 Å². The first-order valence-electron chi connectivity index (χ1n) is 8.07. The van der Waals surface area contributed by atoms with Gasteiger partial charge in [-0.2, -0.15) is 0 Å². The van der Waals surface area contributed by atoms with Crippen molar-refractivity contribution in [1.29, 1.82) is 0 Å². The van der Waals surface area contributed by atoms with Crippen LogP contribution in [0.4, 0.5) is 14.5 Å². The van der Waals surface area contributed by atoms with Crippen LogP contribution in [0.1, 0.15) is 21.5 Å². The third-order valence-electron chi connectivity index (χ3n) is 3.81. The van der Waals surface area contributed by atoms with Crippen LogP contribution in [-0.4, -0.2) is 5.91 Å². The summed E-state index contributed by atoms with van der Waals surface area (Å²) >= 11 is 0. The van der Waals surface area contributed by atoms with Crippen molar-refractivity contribution in [3.63, 3.8) is 0 Å². The second-order valence-electron chi connectivity index (χ2n) is 5.85. The van der Waals surface area contributed by atoms with Crippen LogP contribution in [0, 0.1) is 18.6 Å². The zero-order valence-electron chi connectivity index (χ0n) is 14.1. The Morgan fingerprint density at radius 2 is 1.73 bits per heavy atom. The van der Waals surface area contributed by atoms with Crippen molar-refractivity contribution in [3.05, 3.63) is 95.1 Å². The molecule has 26 heavy (non-hydrogen) atoms. The van der Waals surface area contributed by atoms with Crippen molar-refractivity contribution in [2.24, 2.45) is 0 Å². The van der Waals surface area contributed by atoms with E-state index in [2.05, 4.69) is 5.32 Å². The maximum absolute atomic E-state index is 14.0. The van der Waals surface area contributed by atoms with E-state index in [9.17, 15) is 13.6 Å². The highest BCUT2D eigenvalue weighted by Crippen LogP contribution is 2.22. The summed E-state index contributed by atoms with van der Waals surface area (Å²) in [5.74, 6) is -0.930. The van der Waals surface area contributed by atoms with Gasteiger partial charge >= 0.3 is 0 Å². The summed E-state index contributed by atoms with van der Waals surface area (Å²) in [4.78, 5) is 12.5. The molecule has 0 aliphatic carbocycles. The second kappa shape index (κ2) is 7.78. The third-order valence-corrected chi connectivity index (χ3v) is 3.81. The van der Waals surface area contributed by atoms with Gasteiger partial charge in [0, 0.05) is 0 Å². The number of hydrogen-bond donors (Lipinski definition) is 1. The first-order chi connectivity index (χ1) is 12.5. The number of para-hydroxylation sites is 1. The molecule has 1 N–H and O–H groups in total. The smallest absolute Gasteiger partial charge is 0.259 e. The number of aryl methyl sites for hydroxylation is 1. The van der Waals surface area contributed by atoms with E-state index in [0.717, 1.165) is 11.1 Å². The summed E-state index contributed by atoms with van der Waals surface area (Å²) in [7, 11) is 0. The Labute approximate surface area is 150 Å². The molecule has 1 amide bonds. The lowest BCUT2D eigenvalue weighted by atomic mass is 10.1. The van der Waals surface area contributed by atoms with Gasteiger partial charge in [-0.15, -0.1) is 0 Å². The normalized spacial score (nSPS) is 10.4. The monoisotopic (exact) mass is 353 g/mol. The van der Waals surface area contributed by atoms with E-state index in [1.807, 2.05) is 0 Å². The molecule has 3 aromatic rings. The molecule has 0 atom stereocenters. The average Bonchev–Trinajstić information content (AvgIpc) is 2.64. The fourth-order valence-corrected chi connectivity index (χ4v) is 2.43. The van der Waals surface area contributed by atoms with Gasteiger partial charge < -0.3 is 10.1 Å². The van der Waals surface area contributed by atoms with Crippen LogP contribution in [0.25, 0.3) is 0 Å². The Morgan fingerprint density at radius 1 is 1.00 bits per heavy atom. The predicted octanol–water partition coefficient (Wildman–Crippen LogP) is 5.10. The number of carbonyl (C=O) groups excluding carboxylic acids is 1. The van der Waals surface area contributed by atoms with Crippen LogP contribution in [0.15, 0.2) is 66.7 Å². The van der Waals surface area contributed by atoms with E-state index in [0.29, 0.717) is 5.75 Å². The number of carbonyl (C=O) groups is 1. The highest BCUT2D eigenvalue weighted by Gasteiger charge is 2.14. The standard InChI is InChI=1S/C21H17F2NO2/c1-14-6-11-19(18(23)12-14)24-21(25)17-4-2-3-5-20(17)26-13-15-7-9-16(22)10-8-15/h2-12H,13H2,1H3,(H,24,25). The van der Waals surface area contributed by atoms with Crippen LogP contribution in [0.5, 0.6) is 5.75 Å². The molecule has 0 heterocycles. The van der Waals surface area contributed by atoms with Gasteiger partial charge in [0.2, 0.25) is 0 Å². The van der Waals surface area contributed by atoms with Crippen molar-refractivity contribution in [1.82, 2.24) is 0 Å². The Balaban J connectivity index is 1.75. The van der Waals surface area contributed by atoms with Crippen molar-refractivity contribution in [2.45, 2.75) is 13.5 Å². The SMILES string of the molecule is Cc1ccc(NC(=O)c2ccccc2OCc2ccc(F)cc2)c(F)c1. The molecule has 3 rings (SSSR count). The Hall–Kier alpha value is -3.21. The van der Waals surface area contributed by atoms with Crippen molar-refractivity contribution < 1.29 is 18.3 Å². The summed E-state index contributed by atoms with van der Waals surface area (Å²) in [5, 5.41) is 2.56. The molecule has 3 nitrogen and oxygen atoms in total. The molecule has 0 aliphatic heterocycles. The lowest BCUT2D eigenvalue weighted by molar-refractivity contribution is 0.102. The largest absolute Gasteiger partial charge is 0.488 e. The van der Waals surface area contributed by atoms with Crippen molar-refractivity contribution >= 4 is 11.6 Å². The lowest BCUT2D eigenvalue weighted by Gasteiger charge is -2.12. The molecule has 3 aromatic carbocycles. The maximum atomic E-state index is 14.0. The number of hydrogen-bond acceptors (Lipinski definition) is 2. The van der Waals surface area contributed by atoms with E-state index in [-0.39, 0.29) is 23.7 Å². The molecule has 0 saturated carbocycles. The Bertz CT molecular complexity index is 924. The topological polar surface area (TPSA) is 38.3 Å². The van der Waals surface area contributed by atoms with Crippen LogP contribution in [-0.2, 0) is 6.61 Å². The fraction of sp³-hybridized carbons (Fsp3) is 0.0952. The molecule has 0 unspecified atom stereocenters. The number of nitrogens with one attached hydrogen (secondary N) is 1. The first-order valence-corrected chi connectivity index (χ1v) is 8.07. The van der Waals surface area contributed by atoms with E-state index < -0.39 is 11.7 Å². The minimum absolute atomic E-state index is 0.105. The average molecular weight is 353 g/mol. The van der Waals surface area contributed by atoms with Crippen LogP contribution < -0.4 is 10.1 Å². The summed E-state index contributed by atoms with van der Waals surface area (Å²) in [6.07, 6.45) is 0. The number of anilines is 1. The molecule has 0 aromatic heterocycles. The van der Waals surface area contributed by atoms with Crippen LogP contribution >= 0.6 is 0 Å². The molecule has 0 bridgehead atoms. The molecule has 0 saturated heterocycles. The van der Waals surface area contributed by atoms with Crippen molar-refractivity contribution in [2.75, 3.05) is 5.32 Å². The molecule has 0 aliphatic rings. The van der Waals surface area contributed by atoms with E-state index in [1.165, 1.54) is 24.3 Å². The Kier molecular flexibility index (Phi) is 5.27. The zero-order chi connectivity index (χ0) is 18.5. The van der Waals surface area contributed by atoms with Gasteiger partial charge in [-0.25, -0.2) is 8.78 Å². The van der Waals surface area contributed by atoms with Gasteiger partial charge in [0.15, 0.2) is 0 Å². The molecule has 0 fully saturated rings. The molecule has 132 valence electrons. The summed E-state index contributed by atoms with van der Waals surface area (Å²) < 4.78 is 32.6. The number of ether oxygens (including phenoxy) is 1. The van der Waals surface area contributed by atoms with Gasteiger partial charge in [0.05, 0.1) is 11.3 Å². The highest BCUT2D eigenvalue weighted by atomic mass is 19.1. The van der Waals surface area contributed by atoms with Gasteiger partial charge in [-0.3, -0.25) is 4.79 Å². The van der Waals surface area contributed by atoms with Gasteiger partial charge in [-0.1, -0.05) is 30.3 Å². The van der Waals surface area contributed by atoms with Gasteiger partial charge in [0.1, 0.15) is 24.0 Å². The zero-order valence-corrected chi connectivity index (χ0v) is 14.1. The number of benzene rings is 3. The molecular weight excluding hydrogens is 336 g/mol. The summed E-state index contributed by atoms with van der Waals surface area (Å²) in [5.41, 5.74) is 1.93. The molecule has 0 radical (unpaired) electrons. The number of amides is 1. The van der Waals surface area contributed by atoms with E-state index in [1.54, 1.807) is 49.4 Å². The first kappa shape index (κ1) is 17.6. The van der Waals surface area contributed by atoms with Crippen LogP contribution in [0.3, 0.4) is 0 Å². The molecule has 5 heteroatoms. The maximum Gasteiger partial charge on any atom is 0.259 e. The number of halogens is 2. The summed E-state index contributed by atoms with van der Waals surface area (Å²) in [6.45, 7) is 1.96. The van der Waals surface area contributed by atoms with Crippen LogP contribution in [0.2, 0.25) is 0 Å². The Morgan fingerprint density at radius 3 is 2.46 bits per heavy atom.